The van der Waals surface area contributed by atoms with Gasteiger partial charge >= 0.3 is 5.69 Å². The van der Waals surface area contributed by atoms with E-state index < -0.39 is 16.4 Å². The van der Waals surface area contributed by atoms with Crippen LogP contribution in [0.15, 0.2) is 29.1 Å². The first-order valence-corrected chi connectivity index (χ1v) is 5.02. The number of hydrogen-bond donors (Lipinski definition) is 0. The molecule has 0 unspecified atom stereocenters. The SMILES string of the molecule is CCn1c(=O)ccc2cc(F)c([N+](=O)[O-])cc21. The van der Waals surface area contributed by atoms with Crippen LogP contribution >= 0.6 is 0 Å². The summed E-state index contributed by atoms with van der Waals surface area (Å²) in [6.45, 7) is 2.12. The lowest BCUT2D eigenvalue weighted by Crippen LogP contribution is -2.18. The number of halogens is 1. The average Bonchev–Trinajstić information content (AvgIpc) is 2.28. The van der Waals surface area contributed by atoms with Gasteiger partial charge in [0.05, 0.1) is 10.4 Å². The van der Waals surface area contributed by atoms with Crippen molar-refractivity contribution in [2.24, 2.45) is 0 Å². The van der Waals surface area contributed by atoms with Crippen molar-refractivity contribution in [1.82, 2.24) is 4.57 Å². The van der Waals surface area contributed by atoms with Gasteiger partial charge in [0, 0.05) is 24.1 Å². The fourth-order valence-electron chi connectivity index (χ4n) is 1.77. The number of fused-ring (bicyclic) bond motifs is 1. The third kappa shape index (κ3) is 1.77. The van der Waals surface area contributed by atoms with Gasteiger partial charge in [-0.25, -0.2) is 0 Å². The molecule has 0 aliphatic heterocycles. The Bertz CT molecular complexity index is 664. The Morgan fingerprint density at radius 1 is 1.41 bits per heavy atom. The van der Waals surface area contributed by atoms with Crippen molar-refractivity contribution in [2.45, 2.75) is 13.5 Å². The summed E-state index contributed by atoms with van der Waals surface area (Å²) in [5, 5.41) is 11.1. The summed E-state index contributed by atoms with van der Waals surface area (Å²) >= 11 is 0. The van der Waals surface area contributed by atoms with Crippen LogP contribution in [-0.2, 0) is 6.54 Å². The molecule has 2 rings (SSSR count). The highest BCUT2D eigenvalue weighted by Gasteiger charge is 2.16. The van der Waals surface area contributed by atoms with Gasteiger partial charge in [0.1, 0.15) is 0 Å². The van der Waals surface area contributed by atoms with Crippen LogP contribution in [0.4, 0.5) is 10.1 Å². The third-order valence-corrected chi connectivity index (χ3v) is 2.57. The first-order chi connectivity index (χ1) is 8.04. The number of nitrogens with zero attached hydrogens (tertiary/aromatic N) is 2. The lowest BCUT2D eigenvalue weighted by atomic mass is 10.2. The van der Waals surface area contributed by atoms with Gasteiger partial charge in [-0.05, 0) is 19.1 Å². The predicted molar refractivity (Wildman–Crippen MR) is 60.5 cm³/mol. The molecule has 1 aromatic heterocycles. The highest BCUT2D eigenvalue weighted by molar-refractivity contribution is 5.81. The average molecular weight is 236 g/mol. The van der Waals surface area contributed by atoms with E-state index in [1.54, 1.807) is 6.92 Å². The molecule has 0 fully saturated rings. The van der Waals surface area contributed by atoms with Crippen LogP contribution in [0.2, 0.25) is 0 Å². The zero-order chi connectivity index (χ0) is 12.6. The van der Waals surface area contributed by atoms with Crippen molar-refractivity contribution in [1.29, 1.82) is 0 Å². The minimum Gasteiger partial charge on any atom is -0.308 e. The van der Waals surface area contributed by atoms with Crippen LogP contribution < -0.4 is 5.56 Å². The van der Waals surface area contributed by atoms with Crippen molar-refractivity contribution in [2.75, 3.05) is 0 Å². The van der Waals surface area contributed by atoms with Crippen molar-refractivity contribution in [3.8, 4) is 0 Å². The van der Waals surface area contributed by atoms with Crippen LogP contribution in [0.1, 0.15) is 6.92 Å². The van der Waals surface area contributed by atoms with Crippen molar-refractivity contribution >= 4 is 16.6 Å². The highest BCUT2D eigenvalue weighted by Crippen LogP contribution is 2.23. The number of rotatable bonds is 2. The smallest absolute Gasteiger partial charge is 0.306 e. The number of nitro benzene ring substituents is 1. The molecular formula is C11H9FN2O3. The van der Waals surface area contributed by atoms with Gasteiger partial charge in [-0.2, -0.15) is 4.39 Å². The molecule has 0 aliphatic carbocycles. The molecule has 0 N–H and O–H groups in total. The van der Waals surface area contributed by atoms with E-state index in [4.69, 9.17) is 0 Å². The minimum absolute atomic E-state index is 0.263. The van der Waals surface area contributed by atoms with E-state index in [1.165, 1.54) is 16.7 Å². The molecular weight excluding hydrogens is 227 g/mol. The van der Waals surface area contributed by atoms with E-state index >= 15 is 0 Å². The van der Waals surface area contributed by atoms with Gasteiger partial charge < -0.3 is 4.57 Å². The number of benzene rings is 1. The molecule has 5 nitrogen and oxygen atoms in total. The maximum atomic E-state index is 13.4. The molecule has 0 atom stereocenters. The zero-order valence-corrected chi connectivity index (χ0v) is 9.01. The molecule has 0 saturated heterocycles. The van der Waals surface area contributed by atoms with Crippen molar-refractivity contribution in [3.05, 3.63) is 50.6 Å². The summed E-state index contributed by atoms with van der Waals surface area (Å²) in [6, 6.07) is 4.93. The van der Waals surface area contributed by atoms with Crippen molar-refractivity contribution < 1.29 is 9.31 Å². The minimum atomic E-state index is -0.899. The molecule has 0 aliphatic rings. The molecule has 0 spiro atoms. The van der Waals surface area contributed by atoms with E-state index in [1.807, 2.05) is 0 Å². The van der Waals surface area contributed by atoms with Gasteiger partial charge in [-0.1, -0.05) is 0 Å². The van der Waals surface area contributed by atoms with Crippen molar-refractivity contribution in [3.63, 3.8) is 0 Å². The van der Waals surface area contributed by atoms with Crippen LogP contribution in [0, 0.1) is 15.9 Å². The molecule has 1 heterocycles. The molecule has 2 aromatic rings. The molecule has 0 radical (unpaired) electrons. The Morgan fingerprint density at radius 2 is 2.12 bits per heavy atom. The second-order valence-corrected chi connectivity index (χ2v) is 3.54. The largest absolute Gasteiger partial charge is 0.308 e. The Labute approximate surface area is 95.3 Å². The first kappa shape index (κ1) is 11.3. The number of nitro groups is 1. The summed E-state index contributed by atoms with van der Waals surface area (Å²) in [5.74, 6) is -0.899. The van der Waals surface area contributed by atoms with E-state index in [0.29, 0.717) is 17.4 Å². The molecule has 88 valence electrons. The Balaban J connectivity index is 2.90. The Hall–Kier alpha value is -2.24. The second kappa shape index (κ2) is 3.97. The van der Waals surface area contributed by atoms with Crippen LogP contribution in [0.3, 0.4) is 0 Å². The summed E-state index contributed by atoms with van der Waals surface area (Å²) in [7, 11) is 0. The lowest BCUT2D eigenvalue weighted by molar-refractivity contribution is -0.387. The lowest BCUT2D eigenvalue weighted by Gasteiger charge is -2.07. The molecule has 17 heavy (non-hydrogen) atoms. The summed E-state index contributed by atoms with van der Waals surface area (Å²) < 4.78 is 14.7. The predicted octanol–water partition coefficient (Wildman–Crippen LogP) is 2.07. The number of aryl methyl sites for hydroxylation is 1. The normalized spacial score (nSPS) is 10.7. The van der Waals surface area contributed by atoms with Crippen LogP contribution in [-0.4, -0.2) is 9.49 Å². The third-order valence-electron chi connectivity index (χ3n) is 2.57. The second-order valence-electron chi connectivity index (χ2n) is 3.54. The standard InChI is InChI=1S/C11H9FN2O3/c1-2-13-9-6-10(14(16)17)8(12)5-7(9)3-4-11(13)15/h3-6H,2H2,1H3. The van der Waals surface area contributed by atoms with E-state index in [0.717, 1.165) is 12.1 Å². The zero-order valence-electron chi connectivity index (χ0n) is 9.01. The highest BCUT2D eigenvalue weighted by atomic mass is 19.1. The molecule has 0 bridgehead atoms. The molecule has 0 amide bonds. The maximum Gasteiger partial charge on any atom is 0.306 e. The summed E-state index contributed by atoms with van der Waals surface area (Å²) in [5.41, 5.74) is -0.515. The first-order valence-electron chi connectivity index (χ1n) is 5.02. The number of hydrogen-bond acceptors (Lipinski definition) is 3. The van der Waals surface area contributed by atoms with Gasteiger partial charge in [-0.3, -0.25) is 14.9 Å². The number of aromatic nitrogens is 1. The van der Waals surface area contributed by atoms with Gasteiger partial charge in [-0.15, -0.1) is 0 Å². The van der Waals surface area contributed by atoms with Gasteiger partial charge in [0.2, 0.25) is 5.82 Å². The van der Waals surface area contributed by atoms with Crippen LogP contribution in [0.25, 0.3) is 10.9 Å². The van der Waals surface area contributed by atoms with E-state index in [2.05, 4.69) is 0 Å². The molecule has 1 aromatic carbocycles. The fourth-order valence-corrected chi connectivity index (χ4v) is 1.77. The van der Waals surface area contributed by atoms with Gasteiger partial charge in [0.15, 0.2) is 0 Å². The summed E-state index contributed by atoms with van der Waals surface area (Å²) in [6.07, 6.45) is 0. The number of pyridine rings is 1. The molecule has 0 saturated carbocycles. The van der Waals surface area contributed by atoms with E-state index in [-0.39, 0.29) is 5.56 Å². The maximum absolute atomic E-state index is 13.4. The summed E-state index contributed by atoms with van der Waals surface area (Å²) in [4.78, 5) is 21.4. The monoisotopic (exact) mass is 236 g/mol. The fraction of sp³-hybridized carbons (Fsp3) is 0.182. The van der Waals surface area contributed by atoms with Crippen LogP contribution in [0.5, 0.6) is 0 Å². The topological polar surface area (TPSA) is 65.1 Å². The quantitative estimate of drug-likeness (QED) is 0.592. The Kier molecular flexibility index (Phi) is 2.63. The van der Waals surface area contributed by atoms with Gasteiger partial charge in [0.25, 0.3) is 5.56 Å². The van der Waals surface area contributed by atoms with E-state index in [9.17, 15) is 19.3 Å². The molecule has 6 heteroatoms. The Morgan fingerprint density at radius 3 is 2.71 bits per heavy atom.